The fraction of sp³-hybridized carbons (Fsp3) is 0.185. The van der Waals surface area contributed by atoms with Gasteiger partial charge in [0.1, 0.15) is 0 Å². The van der Waals surface area contributed by atoms with E-state index in [-0.39, 0.29) is 18.0 Å². The molecular weight excluding hydrogens is 656 g/mol. The number of halogens is 13. The molecule has 0 bridgehead atoms. The van der Waals surface area contributed by atoms with E-state index in [0.29, 0.717) is 6.07 Å². The Bertz CT molecular complexity index is 1710. The van der Waals surface area contributed by atoms with Crippen LogP contribution in [0, 0.1) is 17.1 Å². The number of nitrogens with zero attached hydrogens (tertiary/aromatic N) is 1. The van der Waals surface area contributed by atoms with Crippen molar-refractivity contribution >= 4 is 42.0 Å². The van der Waals surface area contributed by atoms with E-state index in [0.717, 1.165) is 24.3 Å². The summed E-state index contributed by atoms with van der Waals surface area (Å²) in [5, 5.41) is 12.3. The second-order valence-corrected chi connectivity index (χ2v) is 9.18. The summed E-state index contributed by atoms with van der Waals surface area (Å²) in [5.41, 5.74) is -17.1. The molecular formula is C27H13BF13N3O2. The van der Waals surface area contributed by atoms with Gasteiger partial charge in [-0.15, -0.1) is 0 Å². The quantitative estimate of drug-likeness (QED) is 0.212. The van der Waals surface area contributed by atoms with Crippen LogP contribution in [0.2, 0.25) is 0 Å². The first-order chi connectivity index (χ1) is 21.0. The molecule has 5 nitrogen and oxygen atoms in total. The van der Waals surface area contributed by atoms with E-state index >= 15 is 4.39 Å². The molecule has 0 unspecified atom stereocenters. The van der Waals surface area contributed by atoms with Gasteiger partial charge in [-0.2, -0.15) is 5.26 Å². The first-order valence-corrected chi connectivity index (χ1v) is 12.0. The number of benzene rings is 3. The molecule has 2 amide bonds. The van der Waals surface area contributed by atoms with Crippen molar-refractivity contribution in [1.29, 1.82) is 5.26 Å². The molecule has 19 heteroatoms. The number of alkyl halides is 12. The molecule has 3 rings (SSSR count). The number of carbonyl (C=O) groups excluding carboxylic acids is 2. The molecule has 46 heavy (non-hydrogen) atoms. The van der Waals surface area contributed by atoms with Gasteiger partial charge in [0, 0.05) is 0 Å². The Kier molecular flexibility index (Phi) is 9.39. The molecule has 0 aliphatic carbocycles. The molecule has 3 aromatic carbocycles. The Balaban J connectivity index is 2.17. The average molecular weight is 669 g/mol. The van der Waals surface area contributed by atoms with Crippen LogP contribution in [0.25, 0.3) is 0 Å². The van der Waals surface area contributed by atoms with Crippen LogP contribution in [0.1, 0.15) is 37.4 Å². The van der Waals surface area contributed by atoms with Crippen LogP contribution in [0.15, 0.2) is 54.6 Å². The molecule has 0 radical (unpaired) electrons. The minimum atomic E-state index is -6.93. The van der Waals surface area contributed by atoms with E-state index in [1.165, 1.54) is 17.4 Å². The molecule has 3 aromatic rings. The third kappa shape index (κ3) is 6.42. The van der Waals surface area contributed by atoms with Gasteiger partial charge in [0.05, 0.1) is 11.6 Å². The average Bonchev–Trinajstić information content (AvgIpc) is 2.95. The molecule has 0 aliphatic heterocycles. The van der Waals surface area contributed by atoms with E-state index in [9.17, 15) is 62.3 Å². The van der Waals surface area contributed by atoms with Crippen LogP contribution < -0.4 is 16.1 Å². The summed E-state index contributed by atoms with van der Waals surface area (Å²) in [6, 6.07) is 7.48. The second kappa shape index (κ2) is 12.1. The van der Waals surface area contributed by atoms with Gasteiger partial charge in [-0.3, -0.25) is 0 Å². The first kappa shape index (κ1) is 35.6. The molecule has 0 spiro atoms. The Morgan fingerprint density at radius 3 is 1.80 bits per heavy atom. The number of anilines is 2. The Morgan fingerprint density at radius 2 is 1.33 bits per heavy atom. The second-order valence-electron chi connectivity index (χ2n) is 9.18. The van der Waals surface area contributed by atoms with Crippen molar-refractivity contribution in [3.8, 4) is 6.07 Å². The van der Waals surface area contributed by atoms with Gasteiger partial charge in [0.15, 0.2) is 0 Å². The normalized spacial score (nSPS) is 12.6. The number of carbonyl (C=O) groups is 2. The standard InChI is InChI=1S/C27H13BF13N3O2/c1-28-17-10-14(23(30,25(33,34)35)26(36,37)38)9-16(24(31,32)27(39,40)41)20(17)44-22(46)15-3-2-4-18(19(15)29)43-21(45)13-7-5-12(11-42)6-8-13/h2-10H,1H2,(H,43,45)(H,44,46). The fourth-order valence-electron chi connectivity index (χ4n) is 3.93. The fourth-order valence-corrected chi connectivity index (χ4v) is 3.93. The Labute approximate surface area is 249 Å². The van der Waals surface area contributed by atoms with Gasteiger partial charge in [-0.25, -0.2) is 0 Å². The maximum atomic E-state index is 15.2. The van der Waals surface area contributed by atoms with E-state index in [4.69, 9.17) is 5.26 Å². The van der Waals surface area contributed by atoms with Gasteiger partial charge < -0.3 is 0 Å². The van der Waals surface area contributed by atoms with Gasteiger partial charge >= 0.3 is 232 Å². The van der Waals surface area contributed by atoms with Crippen molar-refractivity contribution in [1.82, 2.24) is 0 Å². The molecule has 0 fully saturated rings. The number of nitriles is 1. The summed E-state index contributed by atoms with van der Waals surface area (Å²) in [7, 11) is 0. The minimum absolute atomic E-state index is 0.121. The third-order valence-electron chi connectivity index (χ3n) is 6.27. The molecule has 0 saturated carbocycles. The number of rotatable bonds is 7. The van der Waals surface area contributed by atoms with Gasteiger partial charge in [-0.1, -0.05) is 0 Å². The summed E-state index contributed by atoms with van der Waals surface area (Å²) in [6.07, 6.45) is -20.6. The molecule has 0 aromatic heterocycles. The van der Waals surface area contributed by atoms with Crippen LogP contribution in [0.4, 0.5) is 68.5 Å². The third-order valence-corrected chi connectivity index (χ3v) is 6.27. The zero-order valence-corrected chi connectivity index (χ0v) is 22.2. The van der Waals surface area contributed by atoms with Crippen molar-refractivity contribution in [3.05, 3.63) is 88.2 Å². The molecule has 0 atom stereocenters. The van der Waals surface area contributed by atoms with Gasteiger partial charge in [0.2, 0.25) is 0 Å². The monoisotopic (exact) mass is 669 g/mol. The first-order valence-electron chi connectivity index (χ1n) is 12.0. The van der Waals surface area contributed by atoms with Crippen molar-refractivity contribution in [2.75, 3.05) is 10.6 Å². The zero-order valence-electron chi connectivity index (χ0n) is 22.2. The van der Waals surface area contributed by atoms with E-state index < -0.39 is 93.4 Å². The predicted molar refractivity (Wildman–Crippen MR) is 137 cm³/mol. The van der Waals surface area contributed by atoms with Crippen molar-refractivity contribution < 1.29 is 66.7 Å². The van der Waals surface area contributed by atoms with Gasteiger partial charge in [-0.05, 0) is 0 Å². The summed E-state index contributed by atoms with van der Waals surface area (Å²) in [5.74, 6) is -10.8. The molecule has 0 heterocycles. The number of amides is 2. The SMILES string of the molecule is C=Bc1cc(C(F)(C(F)(F)F)C(F)(F)F)cc(C(F)(F)C(F)(F)F)c1NC(=O)c1cccc(NC(=O)c2ccc(C#N)cc2)c1F. The zero-order chi connectivity index (χ0) is 35.0. The van der Waals surface area contributed by atoms with Crippen LogP contribution in [-0.4, -0.2) is 43.7 Å². The number of nitrogens with one attached hydrogen (secondary N) is 2. The topological polar surface area (TPSA) is 82.0 Å². The van der Waals surface area contributed by atoms with Crippen LogP contribution >= 0.6 is 0 Å². The number of hydrogen-bond acceptors (Lipinski definition) is 3. The van der Waals surface area contributed by atoms with Crippen molar-refractivity contribution in [2.45, 2.75) is 30.1 Å². The van der Waals surface area contributed by atoms with Crippen LogP contribution in [-0.2, 0) is 11.6 Å². The summed E-state index contributed by atoms with van der Waals surface area (Å²) in [4.78, 5) is 25.4. The van der Waals surface area contributed by atoms with Crippen molar-refractivity contribution in [3.63, 3.8) is 0 Å². The van der Waals surface area contributed by atoms with Gasteiger partial charge in [0.25, 0.3) is 0 Å². The van der Waals surface area contributed by atoms with E-state index in [1.807, 2.05) is 5.32 Å². The Hall–Kier alpha value is -4.89. The summed E-state index contributed by atoms with van der Waals surface area (Å²) in [6.45, 7) is 3.05. The molecule has 0 aliphatic rings. The summed E-state index contributed by atoms with van der Waals surface area (Å²) >= 11 is 0. The maximum absolute atomic E-state index is 15.2. The molecule has 2 N–H and O–H groups in total. The number of hydrogen-bond donors (Lipinski definition) is 2. The van der Waals surface area contributed by atoms with E-state index in [1.54, 1.807) is 6.07 Å². The van der Waals surface area contributed by atoms with E-state index in [2.05, 4.69) is 6.47 Å². The molecule has 242 valence electrons. The Morgan fingerprint density at radius 1 is 0.761 bits per heavy atom. The predicted octanol–water partition coefficient (Wildman–Crippen LogP) is 6.91. The summed E-state index contributed by atoms with van der Waals surface area (Å²) < 4.78 is 179. The van der Waals surface area contributed by atoms with Crippen LogP contribution in [0.3, 0.4) is 0 Å². The molecule has 0 saturated heterocycles. The van der Waals surface area contributed by atoms with Crippen molar-refractivity contribution in [2.24, 2.45) is 0 Å². The van der Waals surface area contributed by atoms with Crippen LogP contribution in [0.5, 0.6) is 0 Å².